The molecule has 0 saturated carbocycles. The number of fused-ring (bicyclic) bond motifs is 1. The van der Waals surface area contributed by atoms with Gasteiger partial charge in [-0.25, -0.2) is 19.3 Å². The average Bonchev–Trinajstić information content (AvgIpc) is 3.54. The molecule has 1 aliphatic rings. The second-order valence-electron chi connectivity index (χ2n) is 9.73. The quantitative estimate of drug-likeness (QED) is 0.220. The molecule has 1 fully saturated rings. The van der Waals surface area contributed by atoms with Crippen LogP contribution >= 0.6 is 0 Å². The van der Waals surface area contributed by atoms with Crippen LogP contribution in [0.2, 0.25) is 0 Å². The lowest BCUT2D eigenvalue weighted by atomic mass is 10.1. The zero-order chi connectivity index (χ0) is 29.4. The van der Waals surface area contributed by atoms with Crippen LogP contribution in [0.4, 0.5) is 36.6 Å². The van der Waals surface area contributed by atoms with Crippen LogP contribution in [0.25, 0.3) is 11.2 Å². The van der Waals surface area contributed by atoms with Crippen LogP contribution in [-0.2, 0) is 35.0 Å². The van der Waals surface area contributed by atoms with E-state index in [1.165, 1.54) is 18.5 Å². The topological polar surface area (TPSA) is 65.3 Å². The van der Waals surface area contributed by atoms with E-state index in [9.17, 15) is 30.7 Å². The highest BCUT2D eigenvalue weighted by atomic mass is 19.4. The van der Waals surface area contributed by atoms with Crippen LogP contribution in [-0.4, -0.2) is 39.3 Å². The lowest BCUT2D eigenvalue weighted by Gasteiger charge is -2.19. The summed E-state index contributed by atoms with van der Waals surface area (Å²) in [6, 6.07) is 7.60. The van der Waals surface area contributed by atoms with E-state index in [2.05, 4.69) is 15.0 Å². The SMILES string of the molecule is CN(Cc1cccc(F)c1)c1ncnc2c1ncn2[C@H]1CC[C@@H](COCc2cc(C(F)(F)F)cc(C(F)(F)F)c2)O1. The second-order valence-corrected chi connectivity index (χ2v) is 9.73. The maximum absolute atomic E-state index is 13.6. The maximum Gasteiger partial charge on any atom is 0.416 e. The molecule has 0 amide bonds. The van der Waals surface area contributed by atoms with Gasteiger partial charge in [-0.05, 0) is 54.3 Å². The van der Waals surface area contributed by atoms with Gasteiger partial charge in [0, 0.05) is 13.6 Å². The molecule has 0 bridgehead atoms. The van der Waals surface area contributed by atoms with Gasteiger partial charge in [0.25, 0.3) is 0 Å². The number of imidazole rings is 1. The van der Waals surface area contributed by atoms with Gasteiger partial charge in [0.05, 0.1) is 36.8 Å². The predicted molar refractivity (Wildman–Crippen MR) is 133 cm³/mol. The molecule has 5 rings (SSSR count). The Kier molecular flexibility index (Phi) is 7.88. The molecule has 0 N–H and O–H groups in total. The molecule has 14 heteroatoms. The summed E-state index contributed by atoms with van der Waals surface area (Å²) in [6.45, 7) is -0.0937. The molecule has 7 nitrogen and oxygen atoms in total. The Morgan fingerprint density at radius 1 is 0.951 bits per heavy atom. The Morgan fingerprint density at radius 2 is 1.68 bits per heavy atom. The van der Waals surface area contributed by atoms with Crippen molar-refractivity contribution in [3.05, 3.63) is 83.2 Å². The number of alkyl halides is 6. The van der Waals surface area contributed by atoms with Gasteiger partial charge in [-0.15, -0.1) is 0 Å². The number of anilines is 1. The molecule has 218 valence electrons. The van der Waals surface area contributed by atoms with E-state index < -0.39 is 42.4 Å². The highest BCUT2D eigenvalue weighted by molar-refractivity contribution is 5.83. The van der Waals surface area contributed by atoms with E-state index in [0.717, 1.165) is 5.56 Å². The Hall–Kier alpha value is -3.78. The molecule has 4 aromatic rings. The molecule has 0 radical (unpaired) electrons. The van der Waals surface area contributed by atoms with Crippen LogP contribution in [0.5, 0.6) is 0 Å². The van der Waals surface area contributed by atoms with E-state index in [0.29, 0.717) is 48.5 Å². The molecule has 0 unspecified atom stereocenters. The van der Waals surface area contributed by atoms with Crippen molar-refractivity contribution in [2.45, 2.75) is 50.7 Å². The van der Waals surface area contributed by atoms with Crippen LogP contribution in [0, 0.1) is 5.82 Å². The lowest BCUT2D eigenvalue weighted by molar-refractivity contribution is -0.143. The smallest absolute Gasteiger partial charge is 0.374 e. The minimum absolute atomic E-state index is 0.0304. The molecule has 41 heavy (non-hydrogen) atoms. The molecular weight excluding hydrogens is 559 g/mol. The fourth-order valence-corrected chi connectivity index (χ4v) is 4.74. The summed E-state index contributed by atoms with van der Waals surface area (Å²) < 4.78 is 106. The predicted octanol–water partition coefficient (Wildman–Crippen LogP) is 6.53. The maximum atomic E-state index is 13.6. The van der Waals surface area contributed by atoms with Crippen LogP contribution in [0.15, 0.2) is 55.1 Å². The zero-order valence-corrected chi connectivity index (χ0v) is 21.6. The van der Waals surface area contributed by atoms with Crippen LogP contribution < -0.4 is 4.90 Å². The zero-order valence-electron chi connectivity index (χ0n) is 21.6. The van der Waals surface area contributed by atoms with Gasteiger partial charge in [-0.3, -0.25) is 4.57 Å². The van der Waals surface area contributed by atoms with Crippen molar-refractivity contribution in [1.82, 2.24) is 19.5 Å². The standard InChI is InChI=1S/C27H24F7N5O2/c1-38(11-16-3-2-4-20(28)9-16)24-23-25(36-14-35-24)39(15-37-23)22-6-5-21(41-22)13-40-12-17-7-18(26(29,30)31)10-19(8-17)27(32,33)34/h2-4,7-10,14-15,21-22H,5-6,11-13H2,1H3/t21-,22+/m0/s1. The average molecular weight is 584 g/mol. The first-order chi connectivity index (χ1) is 19.4. The van der Waals surface area contributed by atoms with Gasteiger partial charge in [0.2, 0.25) is 0 Å². The number of aromatic nitrogens is 4. The molecule has 0 spiro atoms. The first-order valence-electron chi connectivity index (χ1n) is 12.5. The number of halogens is 7. The Balaban J connectivity index is 1.23. The highest BCUT2D eigenvalue weighted by Crippen LogP contribution is 2.37. The van der Waals surface area contributed by atoms with E-state index in [1.54, 1.807) is 30.1 Å². The summed E-state index contributed by atoms with van der Waals surface area (Å²) in [4.78, 5) is 14.9. The Morgan fingerprint density at radius 3 is 2.37 bits per heavy atom. The summed E-state index contributed by atoms with van der Waals surface area (Å²) in [5.74, 6) is 0.195. The number of hydrogen-bond donors (Lipinski definition) is 0. The second kappa shape index (κ2) is 11.2. The van der Waals surface area contributed by atoms with Gasteiger partial charge in [0.15, 0.2) is 17.0 Å². The van der Waals surface area contributed by atoms with Gasteiger partial charge < -0.3 is 14.4 Å². The van der Waals surface area contributed by atoms with Crippen molar-refractivity contribution in [2.24, 2.45) is 0 Å². The summed E-state index contributed by atoms with van der Waals surface area (Å²) in [7, 11) is 1.80. The molecule has 1 saturated heterocycles. The van der Waals surface area contributed by atoms with Gasteiger partial charge in [0.1, 0.15) is 18.4 Å². The van der Waals surface area contributed by atoms with Crippen molar-refractivity contribution in [2.75, 3.05) is 18.6 Å². The summed E-state index contributed by atoms with van der Waals surface area (Å²) >= 11 is 0. The highest BCUT2D eigenvalue weighted by Gasteiger charge is 2.37. The molecule has 2 aromatic heterocycles. The Bertz CT molecular complexity index is 1490. The fourth-order valence-electron chi connectivity index (χ4n) is 4.74. The minimum atomic E-state index is -4.93. The third-order valence-electron chi connectivity index (χ3n) is 6.63. The summed E-state index contributed by atoms with van der Waals surface area (Å²) in [6.07, 6.45) is -6.71. The minimum Gasteiger partial charge on any atom is -0.374 e. The molecule has 2 atom stereocenters. The first kappa shape index (κ1) is 28.7. The summed E-state index contributed by atoms with van der Waals surface area (Å²) in [5.41, 5.74) is -1.25. The van der Waals surface area contributed by atoms with E-state index >= 15 is 0 Å². The first-order valence-corrected chi connectivity index (χ1v) is 12.5. The number of hydrogen-bond acceptors (Lipinski definition) is 6. The van der Waals surface area contributed by atoms with Crippen molar-refractivity contribution in [1.29, 1.82) is 0 Å². The molecular formula is C27H24F7N5O2. The van der Waals surface area contributed by atoms with Crippen molar-refractivity contribution in [3.63, 3.8) is 0 Å². The van der Waals surface area contributed by atoms with E-state index in [1.807, 2.05) is 4.90 Å². The third kappa shape index (κ3) is 6.59. The van der Waals surface area contributed by atoms with Gasteiger partial charge in [-0.2, -0.15) is 26.3 Å². The third-order valence-corrected chi connectivity index (χ3v) is 6.63. The lowest BCUT2D eigenvalue weighted by Crippen LogP contribution is -2.19. The van der Waals surface area contributed by atoms with Gasteiger partial charge in [-0.1, -0.05) is 12.1 Å². The number of nitrogens with zero attached hydrogens (tertiary/aromatic N) is 5. The van der Waals surface area contributed by atoms with Gasteiger partial charge >= 0.3 is 12.4 Å². The van der Waals surface area contributed by atoms with E-state index in [-0.39, 0.29) is 24.1 Å². The normalized spacial score (nSPS) is 17.9. The van der Waals surface area contributed by atoms with Crippen molar-refractivity contribution >= 4 is 17.0 Å². The number of benzene rings is 2. The Labute approximate surface area is 229 Å². The van der Waals surface area contributed by atoms with Crippen molar-refractivity contribution < 1.29 is 40.2 Å². The summed E-state index contributed by atoms with van der Waals surface area (Å²) in [5, 5.41) is 0. The largest absolute Gasteiger partial charge is 0.416 e. The van der Waals surface area contributed by atoms with Crippen LogP contribution in [0.1, 0.15) is 41.3 Å². The van der Waals surface area contributed by atoms with E-state index in [4.69, 9.17) is 9.47 Å². The molecule has 1 aliphatic heterocycles. The number of rotatable bonds is 8. The molecule has 3 heterocycles. The molecule has 2 aromatic carbocycles. The monoisotopic (exact) mass is 583 g/mol. The van der Waals surface area contributed by atoms with Crippen LogP contribution in [0.3, 0.4) is 0 Å². The molecule has 0 aliphatic carbocycles. The van der Waals surface area contributed by atoms with Crippen molar-refractivity contribution in [3.8, 4) is 0 Å². The number of ether oxygens (including phenoxy) is 2. The fraction of sp³-hybridized carbons (Fsp3) is 0.370.